The van der Waals surface area contributed by atoms with Gasteiger partial charge in [-0.05, 0) is 41.4 Å². The molecule has 4 heteroatoms. The predicted molar refractivity (Wildman–Crippen MR) is 60.8 cm³/mol. The maximum absolute atomic E-state index is 10.0. The van der Waals surface area contributed by atoms with Gasteiger partial charge in [0.2, 0.25) is 0 Å². The molecule has 0 saturated carbocycles. The van der Waals surface area contributed by atoms with Gasteiger partial charge in [0.25, 0.3) is 0 Å². The Morgan fingerprint density at radius 2 is 2.12 bits per heavy atom. The van der Waals surface area contributed by atoms with Crippen LogP contribution in [0, 0.1) is 0 Å². The molecule has 0 radical (unpaired) electrons. The molecule has 1 atom stereocenters. The molecule has 0 aliphatic carbocycles. The van der Waals surface area contributed by atoms with Gasteiger partial charge < -0.3 is 14.3 Å². The lowest BCUT2D eigenvalue weighted by molar-refractivity contribution is 0.189. The molecule has 2 aromatic rings. The van der Waals surface area contributed by atoms with E-state index in [4.69, 9.17) is 20.8 Å². The third kappa shape index (κ3) is 2.21. The number of rotatable bonds is 3. The molecule has 0 amide bonds. The third-order valence-corrected chi connectivity index (χ3v) is 2.48. The van der Waals surface area contributed by atoms with Gasteiger partial charge in [-0.25, -0.2) is 0 Å². The van der Waals surface area contributed by atoms with E-state index in [0.717, 1.165) is 0 Å². The van der Waals surface area contributed by atoms with Crippen molar-refractivity contribution in [1.82, 2.24) is 0 Å². The van der Waals surface area contributed by atoms with Crippen molar-refractivity contribution in [3.8, 4) is 5.75 Å². The fourth-order valence-corrected chi connectivity index (χ4v) is 1.60. The van der Waals surface area contributed by atoms with Crippen molar-refractivity contribution >= 4 is 11.6 Å². The summed E-state index contributed by atoms with van der Waals surface area (Å²) in [7, 11) is 1.58. The highest BCUT2D eigenvalue weighted by Gasteiger charge is 2.14. The summed E-state index contributed by atoms with van der Waals surface area (Å²) in [6, 6.07) is 10.4. The number of ether oxygens (including phenoxy) is 1. The van der Waals surface area contributed by atoms with Crippen molar-refractivity contribution in [2.24, 2.45) is 0 Å². The van der Waals surface area contributed by atoms with Crippen LogP contribution in [0.3, 0.4) is 0 Å². The Bertz CT molecular complexity index is 479. The topological polar surface area (TPSA) is 42.6 Å². The van der Waals surface area contributed by atoms with Crippen molar-refractivity contribution in [3.05, 3.63) is 52.9 Å². The van der Waals surface area contributed by atoms with Gasteiger partial charge in [-0.2, -0.15) is 0 Å². The van der Waals surface area contributed by atoms with Gasteiger partial charge >= 0.3 is 0 Å². The van der Waals surface area contributed by atoms with Crippen LogP contribution < -0.4 is 4.74 Å². The Balaban J connectivity index is 2.29. The lowest BCUT2D eigenvalue weighted by Crippen LogP contribution is -1.98. The van der Waals surface area contributed by atoms with Crippen LogP contribution in [-0.4, -0.2) is 12.2 Å². The van der Waals surface area contributed by atoms with Gasteiger partial charge in [0, 0.05) is 0 Å². The van der Waals surface area contributed by atoms with Gasteiger partial charge in [0.15, 0.2) is 5.22 Å². The van der Waals surface area contributed by atoms with Gasteiger partial charge in [0.1, 0.15) is 17.6 Å². The van der Waals surface area contributed by atoms with E-state index in [1.54, 1.807) is 31.4 Å². The van der Waals surface area contributed by atoms with E-state index in [2.05, 4.69) is 0 Å². The summed E-state index contributed by atoms with van der Waals surface area (Å²) in [5.41, 5.74) is 0.699. The number of halogens is 1. The summed E-state index contributed by atoms with van der Waals surface area (Å²) in [4.78, 5) is 0. The second kappa shape index (κ2) is 4.60. The number of aliphatic hydroxyl groups excluding tert-OH is 1. The zero-order valence-electron chi connectivity index (χ0n) is 8.68. The molecule has 1 heterocycles. The SMILES string of the molecule is COc1cccc(C(O)c2ccc(Cl)o2)c1. The number of furan rings is 1. The van der Waals surface area contributed by atoms with E-state index in [9.17, 15) is 5.11 Å². The minimum atomic E-state index is -0.831. The van der Waals surface area contributed by atoms with E-state index < -0.39 is 6.10 Å². The Morgan fingerprint density at radius 1 is 1.31 bits per heavy atom. The minimum Gasteiger partial charge on any atom is -0.497 e. The first-order valence-electron chi connectivity index (χ1n) is 4.78. The first-order chi connectivity index (χ1) is 7.70. The van der Waals surface area contributed by atoms with Crippen molar-refractivity contribution in [2.45, 2.75) is 6.10 Å². The standard InChI is InChI=1S/C12H11ClO3/c1-15-9-4-2-3-8(7-9)12(14)10-5-6-11(13)16-10/h2-7,12,14H,1H3. The molecule has 0 saturated heterocycles. The molecule has 3 nitrogen and oxygen atoms in total. The van der Waals surface area contributed by atoms with E-state index >= 15 is 0 Å². The van der Waals surface area contributed by atoms with Gasteiger partial charge in [0.05, 0.1) is 7.11 Å². The van der Waals surface area contributed by atoms with Crippen molar-refractivity contribution < 1.29 is 14.3 Å². The molecule has 1 N–H and O–H groups in total. The molecule has 16 heavy (non-hydrogen) atoms. The quantitative estimate of drug-likeness (QED) is 0.894. The van der Waals surface area contributed by atoms with Crippen LogP contribution in [0.15, 0.2) is 40.8 Å². The molecule has 1 aromatic carbocycles. The minimum absolute atomic E-state index is 0.261. The van der Waals surface area contributed by atoms with Crippen LogP contribution in [0.25, 0.3) is 0 Å². The average molecular weight is 239 g/mol. The first-order valence-corrected chi connectivity index (χ1v) is 5.16. The lowest BCUT2D eigenvalue weighted by atomic mass is 10.1. The summed E-state index contributed by atoms with van der Waals surface area (Å²) in [5.74, 6) is 1.10. The fraction of sp³-hybridized carbons (Fsp3) is 0.167. The number of hydrogen-bond donors (Lipinski definition) is 1. The second-order valence-corrected chi connectivity index (χ2v) is 3.69. The Hall–Kier alpha value is -1.45. The lowest BCUT2D eigenvalue weighted by Gasteiger charge is -2.09. The van der Waals surface area contributed by atoms with E-state index in [-0.39, 0.29) is 5.22 Å². The molecule has 2 rings (SSSR count). The van der Waals surface area contributed by atoms with Crippen molar-refractivity contribution in [3.63, 3.8) is 0 Å². The normalized spacial score (nSPS) is 12.4. The van der Waals surface area contributed by atoms with Crippen LogP contribution in [0.1, 0.15) is 17.4 Å². The predicted octanol–water partition coefficient (Wildman–Crippen LogP) is 3.02. The first kappa shape index (κ1) is 11.0. The summed E-state index contributed by atoms with van der Waals surface area (Å²) >= 11 is 5.65. The monoisotopic (exact) mass is 238 g/mol. The molecular weight excluding hydrogens is 228 g/mol. The maximum Gasteiger partial charge on any atom is 0.193 e. The molecule has 0 spiro atoms. The molecule has 0 aliphatic rings. The van der Waals surface area contributed by atoms with E-state index in [1.165, 1.54) is 0 Å². The van der Waals surface area contributed by atoms with Crippen LogP contribution in [0.4, 0.5) is 0 Å². The highest BCUT2D eigenvalue weighted by atomic mass is 35.5. The molecule has 0 bridgehead atoms. The molecule has 0 aliphatic heterocycles. The van der Waals surface area contributed by atoms with Crippen LogP contribution >= 0.6 is 11.6 Å². The third-order valence-electron chi connectivity index (χ3n) is 2.27. The smallest absolute Gasteiger partial charge is 0.193 e. The van der Waals surface area contributed by atoms with E-state index in [1.807, 2.05) is 12.1 Å². The highest BCUT2D eigenvalue weighted by molar-refractivity contribution is 6.28. The average Bonchev–Trinajstić information content (AvgIpc) is 2.75. The molecular formula is C12H11ClO3. The molecule has 1 unspecified atom stereocenters. The number of aliphatic hydroxyl groups is 1. The fourth-order valence-electron chi connectivity index (χ4n) is 1.45. The van der Waals surface area contributed by atoms with E-state index in [0.29, 0.717) is 17.1 Å². The zero-order valence-corrected chi connectivity index (χ0v) is 9.44. The largest absolute Gasteiger partial charge is 0.497 e. The summed E-state index contributed by atoms with van der Waals surface area (Å²) in [5, 5.41) is 10.3. The van der Waals surface area contributed by atoms with Gasteiger partial charge in [-0.15, -0.1) is 0 Å². The zero-order chi connectivity index (χ0) is 11.5. The number of benzene rings is 1. The van der Waals surface area contributed by atoms with Gasteiger partial charge in [-0.3, -0.25) is 0 Å². The highest BCUT2D eigenvalue weighted by Crippen LogP contribution is 2.27. The molecule has 1 aromatic heterocycles. The number of methoxy groups -OCH3 is 1. The second-order valence-electron chi connectivity index (χ2n) is 3.32. The van der Waals surface area contributed by atoms with Crippen molar-refractivity contribution in [2.75, 3.05) is 7.11 Å². The summed E-state index contributed by atoms with van der Waals surface area (Å²) in [6.07, 6.45) is -0.831. The van der Waals surface area contributed by atoms with Crippen LogP contribution in [0.5, 0.6) is 5.75 Å². The summed E-state index contributed by atoms with van der Waals surface area (Å²) < 4.78 is 10.2. The van der Waals surface area contributed by atoms with Crippen molar-refractivity contribution in [1.29, 1.82) is 0 Å². The Labute approximate surface area is 98.2 Å². The molecule has 0 fully saturated rings. The Morgan fingerprint density at radius 3 is 2.75 bits per heavy atom. The van der Waals surface area contributed by atoms with Crippen LogP contribution in [-0.2, 0) is 0 Å². The molecule has 84 valence electrons. The van der Waals surface area contributed by atoms with Crippen LogP contribution in [0.2, 0.25) is 5.22 Å². The summed E-state index contributed by atoms with van der Waals surface area (Å²) in [6.45, 7) is 0. The van der Waals surface area contributed by atoms with Gasteiger partial charge in [-0.1, -0.05) is 12.1 Å². The number of hydrogen-bond acceptors (Lipinski definition) is 3. The Kier molecular flexibility index (Phi) is 3.17. The maximum atomic E-state index is 10.0.